The lowest BCUT2D eigenvalue weighted by Crippen LogP contribution is -2.41. The van der Waals surface area contributed by atoms with Gasteiger partial charge in [0.15, 0.2) is 0 Å². The topological polar surface area (TPSA) is 45.5 Å². The van der Waals surface area contributed by atoms with Crippen LogP contribution in [0.1, 0.15) is 22.0 Å². The highest BCUT2D eigenvalue weighted by Crippen LogP contribution is 2.25. The first kappa shape index (κ1) is 18.3. The molecule has 1 fully saturated rings. The Morgan fingerprint density at radius 3 is 2.59 bits per heavy atom. The molecular weight excluding hydrogens is 376 g/mol. The number of furan rings is 1. The van der Waals surface area contributed by atoms with E-state index in [2.05, 4.69) is 27.0 Å². The Balaban J connectivity index is 1.41. The maximum absolute atomic E-state index is 12.6. The molecule has 1 atom stereocenters. The molecule has 27 heavy (non-hydrogen) atoms. The number of thiophene rings is 1. The Labute approximate surface area is 167 Å². The van der Waals surface area contributed by atoms with Crippen molar-refractivity contribution in [2.45, 2.75) is 6.04 Å². The van der Waals surface area contributed by atoms with Crippen molar-refractivity contribution in [3.63, 3.8) is 0 Å². The summed E-state index contributed by atoms with van der Waals surface area (Å²) in [4.78, 5) is 15.1. The van der Waals surface area contributed by atoms with E-state index in [1.54, 1.807) is 23.9 Å². The highest BCUT2D eigenvalue weighted by Gasteiger charge is 2.24. The molecule has 1 aliphatic rings. The first-order valence-electron chi connectivity index (χ1n) is 9.06. The van der Waals surface area contributed by atoms with E-state index in [1.807, 2.05) is 42.1 Å². The summed E-state index contributed by atoms with van der Waals surface area (Å²) >= 11 is 3.66. The summed E-state index contributed by atoms with van der Waals surface area (Å²) in [5.41, 5.74) is 4.13. The predicted octanol–water partition coefficient (Wildman–Crippen LogP) is 4.53. The maximum Gasteiger partial charge on any atom is 0.251 e. The first-order valence-corrected chi connectivity index (χ1v) is 11.2. The molecule has 1 aliphatic heterocycles. The highest BCUT2D eigenvalue weighted by molar-refractivity contribution is 7.99. The normalized spacial score (nSPS) is 16.1. The van der Waals surface area contributed by atoms with Crippen LogP contribution in [0.2, 0.25) is 0 Å². The molecule has 1 saturated heterocycles. The van der Waals surface area contributed by atoms with E-state index in [0.29, 0.717) is 12.1 Å². The molecule has 3 heterocycles. The number of amides is 1. The van der Waals surface area contributed by atoms with Crippen molar-refractivity contribution < 1.29 is 9.21 Å². The molecule has 140 valence electrons. The van der Waals surface area contributed by atoms with Gasteiger partial charge in [-0.3, -0.25) is 9.69 Å². The second-order valence-electron chi connectivity index (χ2n) is 6.52. The largest absolute Gasteiger partial charge is 0.472 e. The third-order valence-corrected chi connectivity index (χ3v) is 6.50. The molecule has 1 amide bonds. The summed E-state index contributed by atoms with van der Waals surface area (Å²) in [6.45, 7) is 2.65. The van der Waals surface area contributed by atoms with Crippen molar-refractivity contribution in [3.05, 3.63) is 70.8 Å². The molecule has 0 aliphatic carbocycles. The molecule has 0 saturated carbocycles. The van der Waals surface area contributed by atoms with E-state index < -0.39 is 0 Å². The maximum atomic E-state index is 12.6. The van der Waals surface area contributed by atoms with Crippen molar-refractivity contribution in [1.82, 2.24) is 10.2 Å². The average molecular weight is 399 g/mol. The van der Waals surface area contributed by atoms with Gasteiger partial charge in [0.05, 0.1) is 18.6 Å². The number of rotatable bonds is 6. The molecule has 0 spiro atoms. The van der Waals surface area contributed by atoms with Crippen molar-refractivity contribution in [2.24, 2.45) is 0 Å². The second-order valence-corrected chi connectivity index (χ2v) is 8.53. The fourth-order valence-electron chi connectivity index (χ4n) is 3.35. The van der Waals surface area contributed by atoms with Crippen molar-refractivity contribution in [1.29, 1.82) is 0 Å². The van der Waals surface area contributed by atoms with Crippen LogP contribution in [-0.4, -0.2) is 41.9 Å². The van der Waals surface area contributed by atoms with E-state index in [0.717, 1.165) is 35.7 Å². The van der Waals surface area contributed by atoms with Crippen molar-refractivity contribution in [2.75, 3.05) is 31.1 Å². The smallest absolute Gasteiger partial charge is 0.251 e. The summed E-state index contributed by atoms with van der Waals surface area (Å²) < 4.78 is 5.28. The van der Waals surface area contributed by atoms with E-state index in [-0.39, 0.29) is 11.9 Å². The molecule has 3 aromatic rings. The quantitative estimate of drug-likeness (QED) is 0.663. The van der Waals surface area contributed by atoms with Crippen LogP contribution < -0.4 is 5.32 Å². The minimum absolute atomic E-state index is 0.0354. The lowest BCUT2D eigenvalue weighted by Gasteiger charge is -2.34. The molecule has 6 heteroatoms. The predicted molar refractivity (Wildman–Crippen MR) is 112 cm³/mol. The lowest BCUT2D eigenvalue weighted by atomic mass is 10.1. The molecule has 4 nitrogen and oxygen atoms in total. The van der Waals surface area contributed by atoms with Gasteiger partial charge >= 0.3 is 0 Å². The van der Waals surface area contributed by atoms with Crippen LogP contribution in [-0.2, 0) is 0 Å². The minimum atomic E-state index is -0.0354. The van der Waals surface area contributed by atoms with Gasteiger partial charge in [-0.2, -0.15) is 23.1 Å². The lowest BCUT2D eigenvalue weighted by molar-refractivity contribution is 0.0934. The number of nitrogens with zero attached hydrogens (tertiary/aromatic N) is 1. The summed E-state index contributed by atoms with van der Waals surface area (Å²) in [6.07, 6.45) is 3.49. The standard InChI is InChI=1S/C21H22N2O2S2/c24-21(17-3-1-16(2-4-17)19-6-10-27-15-19)22-13-20(18-5-9-25-14-18)23-7-11-26-12-8-23/h1-6,9-10,14-15,20H,7-8,11-13H2,(H,22,24)/t20-/m1/s1. The number of benzene rings is 1. The van der Waals surface area contributed by atoms with Gasteiger partial charge in [0.1, 0.15) is 0 Å². The zero-order chi connectivity index (χ0) is 18.5. The fourth-order valence-corrected chi connectivity index (χ4v) is 4.94. The van der Waals surface area contributed by atoms with Gasteiger partial charge in [-0.1, -0.05) is 12.1 Å². The molecule has 0 radical (unpaired) electrons. The number of hydrogen-bond acceptors (Lipinski definition) is 5. The summed E-state index contributed by atoms with van der Waals surface area (Å²) in [5.74, 6) is 2.23. The molecule has 1 N–H and O–H groups in total. The number of carbonyl (C=O) groups is 1. The van der Waals surface area contributed by atoms with Gasteiger partial charge < -0.3 is 9.73 Å². The highest BCUT2D eigenvalue weighted by atomic mass is 32.2. The van der Waals surface area contributed by atoms with Crippen LogP contribution in [0.4, 0.5) is 0 Å². The van der Waals surface area contributed by atoms with Gasteiger partial charge in [-0.15, -0.1) is 0 Å². The first-order chi connectivity index (χ1) is 13.3. The van der Waals surface area contributed by atoms with E-state index in [9.17, 15) is 4.79 Å². The van der Waals surface area contributed by atoms with Crippen LogP contribution in [0, 0.1) is 0 Å². The Morgan fingerprint density at radius 2 is 1.93 bits per heavy atom. The van der Waals surface area contributed by atoms with E-state index in [4.69, 9.17) is 4.42 Å². The third kappa shape index (κ3) is 4.46. The van der Waals surface area contributed by atoms with Crippen LogP contribution >= 0.6 is 23.1 Å². The Kier molecular flexibility index (Phi) is 5.97. The average Bonchev–Trinajstić information content (AvgIpc) is 3.43. The Hall–Kier alpha value is -2.02. The van der Waals surface area contributed by atoms with Gasteiger partial charge in [0.25, 0.3) is 5.91 Å². The van der Waals surface area contributed by atoms with Crippen LogP contribution in [0.25, 0.3) is 11.1 Å². The van der Waals surface area contributed by atoms with E-state index in [1.165, 1.54) is 5.56 Å². The minimum Gasteiger partial charge on any atom is -0.472 e. The van der Waals surface area contributed by atoms with Gasteiger partial charge in [0, 0.05) is 42.3 Å². The zero-order valence-electron chi connectivity index (χ0n) is 15.0. The molecular formula is C21H22N2O2S2. The summed E-state index contributed by atoms with van der Waals surface area (Å²) in [6, 6.07) is 12.0. The molecule has 4 rings (SSSR count). The number of thioether (sulfide) groups is 1. The van der Waals surface area contributed by atoms with Crippen molar-refractivity contribution in [3.8, 4) is 11.1 Å². The summed E-state index contributed by atoms with van der Waals surface area (Å²) in [7, 11) is 0. The van der Waals surface area contributed by atoms with Gasteiger partial charge in [-0.25, -0.2) is 0 Å². The molecule has 2 aromatic heterocycles. The van der Waals surface area contributed by atoms with Crippen LogP contribution in [0.5, 0.6) is 0 Å². The summed E-state index contributed by atoms with van der Waals surface area (Å²) in [5, 5.41) is 7.29. The molecule has 0 unspecified atom stereocenters. The number of carbonyl (C=O) groups excluding carboxylic acids is 1. The van der Waals surface area contributed by atoms with Gasteiger partial charge in [0.2, 0.25) is 0 Å². The van der Waals surface area contributed by atoms with Crippen LogP contribution in [0.15, 0.2) is 64.1 Å². The van der Waals surface area contributed by atoms with E-state index >= 15 is 0 Å². The Morgan fingerprint density at radius 1 is 1.11 bits per heavy atom. The molecule has 1 aromatic carbocycles. The number of nitrogens with one attached hydrogen (secondary N) is 1. The monoisotopic (exact) mass is 398 g/mol. The fraction of sp³-hybridized carbons (Fsp3) is 0.286. The Bertz CT molecular complexity index is 839. The van der Waals surface area contributed by atoms with Crippen molar-refractivity contribution >= 4 is 29.0 Å². The molecule has 0 bridgehead atoms. The van der Waals surface area contributed by atoms with Crippen LogP contribution in [0.3, 0.4) is 0 Å². The SMILES string of the molecule is O=C(NC[C@H](c1ccoc1)N1CCSCC1)c1ccc(-c2ccsc2)cc1. The second kappa shape index (κ2) is 8.78. The number of hydrogen-bond donors (Lipinski definition) is 1. The van der Waals surface area contributed by atoms with Gasteiger partial charge in [-0.05, 0) is 46.2 Å². The third-order valence-electron chi connectivity index (χ3n) is 4.87. The zero-order valence-corrected chi connectivity index (χ0v) is 16.6.